The monoisotopic (exact) mass is 400 g/mol. The molecule has 3 nitrogen and oxygen atoms in total. The lowest BCUT2D eigenvalue weighted by Crippen LogP contribution is -2.57. The average molecular weight is 401 g/mol. The van der Waals surface area contributed by atoms with Crippen molar-refractivity contribution in [3.63, 3.8) is 0 Å². The van der Waals surface area contributed by atoms with Crippen molar-refractivity contribution in [1.82, 2.24) is 0 Å². The fraction of sp³-hybridized carbons (Fsp3) is 0.846. The highest BCUT2D eigenvalue weighted by Crippen LogP contribution is 2.68. The number of ketones is 1. The van der Waals surface area contributed by atoms with Gasteiger partial charge in [0, 0.05) is 12.3 Å². The highest BCUT2D eigenvalue weighted by atomic mass is 16.4. The lowest BCUT2D eigenvalue weighted by atomic mass is 9.43. The largest absolute Gasteiger partial charge is 0.481 e. The number of Topliss-reactive ketones (excluding diaryl/α,β-unsaturated/α-hetero) is 1. The molecule has 0 saturated heterocycles. The molecule has 4 aliphatic rings. The molecule has 4 saturated carbocycles. The normalized spacial score (nSPS) is 46.7. The molecule has 0 heterocycles. The van der Waals surface area contributed by atoms with Crippen LogP contribution in [0.3, 0.4) is 0 Å². The summed E-state index contributed by atoms with van der Waals surface area (Å²) in [6, 6.07) is 0. The minimum atomic E-state index is -0.684. The molecule has 29 heavy (non-hydrogen) atoms. The van der Waals surface area contributed by atoms with E-state index >= 15 is 0 Å². The zero-order valence-electron chi connectivity index (χ0n) is 18.9. The van der Waals surface area contributed by atoms with Gasteiger partial charge in [-0.2, -0.15) is 0 Å². The van der Waals surface area contributed by atoms with E-state index in [0.29, 0.717) is 40.8 Å². The molecule has 4 aliphatic carbocycles. The molecule has 4 unspecified atom stereocenters. The van der Waals surface area contributed by atoms with E-state index in [1.165, 1.54) is 44.9 Å². The van der Waals surface area contributed by atoms with Crippen LogP contribution < -0.4 is 0 Å². The highest BCUT2D eigenvalue weighted by Gasteiger charge is 2.63. The maximum atomic E-state index is 13.8. The van der Waals surface area contributed by atoms with Crippen LogP contribution in [0.5, 0.6) is 0 Å². The standard InChI is InChI=1S/C26H40O3/c1-5-17-19-8-6-7-14-25(19,3)21-13-15-26(4)18(16(2)9-12-22(27)28)10-11-20(26)23(21)24(17)29/h5,16,18-21,23H,6-15H2,1-4H3,(H,27,28)/b17-5+/t16-,18?,19+,20?,21?,23?,25+,26-/m1/s1. The van der Waals surface area contributed by atoms with Gasteiger partial charge in [-0.05, 0) is 97.9 Å². The number of rotatable bonds is 4. The molecule has 0 aromatic heterocycles. The van der Waals surface area contributed by atoms with Crippen LogP contribution in [0.2, 0.25) is 0 Å². The molecule has 0 aromatic carbocycles. The Kier molecular flexibility index (Phi) is 5.49. The van der Waals surface area contributed by atoms with E-state index in [4.69, 9.17) is 5.11 Å². The number of carbonyl (C=O) groups is 2. The molecule has 4 fully saturated rings. The summed E-state index contributed by atoms with van der Waals surface area (Å²) in [5.74, 6) is 2.51. The Balaban J connectivity index is 1.64. The maximum Gasteiger partial charge on any atom is 0.303 e. The van der Waals surface area contributed by atoms with Crippen molar-refractivity contribution in [3.05, 3.63) is 11.6 Å². The van der Waals surface area contributed by atoms with Gasteiger partial charge in [0.25, 0.3) is 0 Å². The third-order valence-corrected chi connectivity index (χ3v) is 10.2. The number of carboxylic acid groups (broad SMARTS) is 1. The first-order valence-corrected chi connectivity index (χ1v) is 12.2. The molecular formula is C26H40O3. The van der Waals surface area contributed by atoms with Crippen molar-refractivity contribution in [1.29, 1.82) is 0 Å². The van der Waals surface area contributed by atoms with Gasteiger partial charge in [0.05, 0.1) is 0 Å². The van der Waals surface area contributed by atoms with E-state index < -0.39 is 5.97 Å². The lowest BCUT2D eigenvalue weighted by Gasteiger charge is -2.60. The second-order valence-electron chi connectivity index (χ2n) is 11.3. The summed E-state index contributed by atoms with van der Waals surface area (Å²) in [5.41, 5.74) is 1.65. The zero-order chi connectivity index (χ0) is 21.0. The van der Waals surface area contributed by atoms with Crippen LogP contribution in [-0.2, 0) is 9.59 Å². The molecule has 0 aliphatic heterocycles. The number of carbonyl (C=O) groups excluding carboxylic acids is 1. The number of allylic oxidation sites excluding steroid dienone is 2. The summed E-state index contributed by atoms with van der Waals surface area (Å²) in [7, 11) is 0. The molecule has 0 bridgehead atoms. The van der Waals surface area contributed by atoms with Crippen molar-refractivity contribution in [2.75, 3.05) is 0 Å². The summed E-state index contributed by atoms with van der Waals surface area (Å²) in [4.78, 5) is 24.9. The topological polar surface area (TPSA) is 54.4 Å². The van der Waals surface area contributed by atoms with Gasteiger partial charge < -0.3 is 5.11 Å². The molecular weight excluding hydrogens is 360 g/mol. The second kappa shape index (κ2) is 7.54. The Hall–Kier alpha value is -1.12. The molecule has 1 N–H and O–H groups in total. The van der Waals surface area contributed by atoms with Crippen molar-refractivity contribution < 1.29 is 14.7 Å². The van der Waals surface area contributed by atoms with E-state index in [2.05, 4.69) is 33.8 Å². The lowest BCUT2D eigenvalue weighted by molar-refractivity contribution is -0.146. The first kappa shape index (κ1) is 21.1. The molecule has 3 heteroatoms. The molecule has 8 atom stereocenters. The van der Waals surface area contributed by atoms with Gasteiger partial charge in [-0.25, -0.2) is 0 Å². The van der Waals surface area contributed by atoms with Gasteiger partial charge in [-0.3, -0.25) is 9.59 Å². The molecule has 0 amide bonds. The van der Waals surface area contributed by atoms with Gasteiger partial charge in [-0.15, -0.1) is 0 Å². The summed E-state index contributed by atoms with van der Waals surface area (Å²) < 4.78 is 0. The average Bonchev–Trinajstić information content (AvgIpc) is 3.04. The third-order valence-electron chi connectivity index (χ3n) is 10.2. The number of hydrogen-bond donors (Lipinski definition) is 1. The first-order valence-electron chi connectivity index (χ1n) is 12.2. The number of aliphatic carboxylic acids is 1. The highest BCUT2D eigenvalue weighted by molar-refractivity contribution is 5.99. The number of fused-ring (bicyclic) bond motifs is 5. The van der Waals surface area contributed by atoms with Crippen LogP contribution in [0.1, 0.15) is 91.9 Å². The number of carboxylic acids is 1. The Labute approximate surface area is 176 Å². The van der Waals surface area contributed by atoms with Crippen molar-refractivity contribution in [2.45, 2.75) is 91.9 Å². The Morgan fingerprint density at radius 1 is 1.10 bits per heavy atom. The predicted octanol–water partition coefficient (Wildman–Crippen LogP) is 6.27. The molecule has 0 aromatic rings. The van der Waals surface area contributed by atoms with E-state index in [9.17, 15) is 9.59 Å². The van der Waals surface area contributed by atoms with Gasteiger partial charge in [0.1, 0.15) is 0 Å². The van der Waals surface area contributed by atoms with Crippen LogP contribution in [-0.4, -0.2) is 16.9 Å². The molecule has 4 rings (SSSR count). The fourth-order valence-corrected chi connectivity index (χ4v) is 8.79. The molecule has 0 radical (unpaired) electrons. The molecule has 162 valence electrons. The second-order valence-corrected chi connectivity index (χ2v) is 11.3. The smallest absolute Gasteiger partial charge is 0.303 e. The van der Waals surface area contributed by atoms with Crippen LogP contribution in [0.15, 0.2) is 11.6 Å². The fourth-order valence-electron chi connectivity index (χ4n) is 8.79. The maximum absolute atomic E-state index is 13.8. The SMILES string of the molecule is C/C=C1/C(=O)C2C3CCC([C@H](C)CCC(=O)O)[C@@]3(C)CCC2[C@@]2(C)CCCC[C@@H]12. The van der Waals surface area contributed by atoms with Crippen molar-refractivity contribution in [3.8, 4) is 0 Å². The van der Waals surface area contributed by atoms with E-state index in [0.717, 1.165) is 18.4 Å². The van der Waals surface area contributed by atoms with Crippen LogP contribution in [0.25, 0.3) is 0 Å². The minimum Gasteiger partial charge on any atom is -0.481 e. The van der Waals surface area contributed by atoms with E-state index in [1.807, 2.05) is 0 Å². The van der Waals surface area contributed by atoms with Crippen LogP contribution in [0, 0.1) is 46.3 Å². The summed E-state index contributed by atoms with van der Waals surface area (Å²) >= 11 is 0. The Morgan fingerprint density at radius 3 is 2.52 bits per heavy atom. The number of hydrogen-bond acceptors (Lipinski definition) is 2. The molecule has 0 spiro atoms. The van der Waals surface area contributed by atoms with Crippen molar-refractivity contribution >= 4 is 11.8 Å². The van der Waals surface area contributed by atoms with Crippen LogP contribution >= 0.6 is 0 Å². The Morgan fingerprint density at radius 2 is 1.83 bits per heavy atom. The summed E-state index contributed by atoms with van der Waals surface area (Å²) in [6.07, 6.45) is 13.0. The zero-order valence-corrected chi connectivity index (χ0v) is 18.9. The predicted molar refractivity (Wildman–Crippen MR) is 115 cm³/mol. The van der Waals surface area contributed by atoms with Gasteiger partial charge in [0.2, 0.25) is 0 Å². The van der Waals surface area contributed by atoms with E-state index in [1.54, 1.807) is 0 Å². The van der Waals surface area contributed by atoms with E-state index in [-0.39, 0.29) is 17.8 Å². The van der Waals surface area contributed by atoms with Crippen LogP contribution in [0.4, 0.5) is 0 Å². The first-order chi connectivity index (χ1) is 13.7. The quantitative estimate of drug-likeness (QED) is 0.566. The minimum absolute atomic E-state index is 0.200. The Bertz CT molecular complexity index is 709. The van der Waals surface area contributed by atoms with Gasteiger partial charge >= 0.3 is 5.97 Å². The third kappa shape index (κ3) is 3.13. The summed E-state index contributed by atoms with van der Waals surface area (Å²) in [5, 5.41) is 9.13. The van der Waals surface area contributed by atoms with Gasteiger partial charge in [-0.1, -0.05) is 39.7 Å². The van der Waals surface area contributed by atoms with Gasteiger partial charge in [0.15, 0.2) is 5.78 Å². The summed E-state index contributed by atoms with van der Waals surface area (Å²) in [6.45, 7) is 9.29. The van der Waals surface area contributed by atoms with Crippen molar-refractivity contribution in [2.24, 2.45) is 46.3 Å².